The number of nitrogens with zero attached hydrogens (tertiary/aromatic N) is 2. The Morgan fingerprint density at radius 2 is 2.22 bits per heavy atom. The van der Waals surface area contributed by atoms with E-state index in [1.165, 1.54) is 0 Å². The monoisotopic (exact) mass is 247 g/mol. The van der Waals surface area contributed by atoms with Crippen LogP contribution in [0.25, 0.3) is 0 Å². The maximum Gasteiger partial charge on any atom is 0.123 e. The molecule has 0 radical (unpaired) electrons. The zero-order chi connectivity index (χ0) is 13.4. The van der Waals surface area contributed by atoms with Gasteiger partial charge in [0.15, 0.2) is 0 Å². The van der Waals surface area contributed by atoms with Gasteiger partial charge in [0.2, 0.25) is 0 Å². The van der Waals surface area contributed by atoms with Crippen molar-refractivity contribution in [1.82, 2.24) is 10.2 Å². The van der Waals surface area contributed by atoms with Crippen molar-refractivity contribution < 1.29 is 4.74 Å². The fourth-order valence-electron chi connectivity index (χ4n) is 1.64. The number of hydrogen-bond donors (Lipinski definition) is 1. The van der Waals surface area contributed by atoms with Gasteiger partial charge >= 0.3 is 0 Å². The molecule has 1 aromatic carbocycles. The van der Waals surface area contributed by atoms with Gasteiger partial charge in [0, 0.05) is 25.2 Å². The lowest BCUT2D eigenvalue weighted by atomic mass is 10.1. The van der Waals surface area contributed by atoms with E-state index in [9.17, 15) is 0 Å². The molecule has 0 aliphatic carbocycles. The van der Waals surface area contributed by atoms with Gasteiger partial charge in [-0.15, -0.1) is 0 Å². The molecule has 0 saturated heterocycles. The second-order valence-corrected chi connectivity index (χ2v) is 4.21. The molecule has 4 nitrogen and oxygen atoms in total. The molecule has 1 aromatic rings. The van der Waals surface area contributed by atoms with Gasteiger partial charge in [-0.05, 0) is 31.8 Å². The highest BCUT2D eigenvalue weighted by Crippen LogP contribution is 2.19. The third kappa shape index (κ3) is 4.36. The second-order valence-electron chi connectivity index (χ2n) is 4.21. The third-order valence-corrected chi connectivity index (χ3v) is 2.94. The topological polar surface area (TPSA) is 48.3 Å². The lowest BCUT2D eigenvalue weighted by molar-refractivity contribution is 0.347. The molecular weight excluding hydrogens is 226 g/mol. The van der Waals surface area contributed by atoms with Gasteiger partial charge in [-0.2, -0.15) is 5.26 Å². The molecule has 18 heavy (non-hydrogen) atoms. The van der Waals surface area contributed by atoms with E-state index in [1.54, 1.807) is 13.2 Å². The van der Waals surface area contributed by atoms with Crippen molar-refractivity contribution in [3.8, 4) is 11.8 Å². The van der Waals surface area contributed by atoms with Gasteiger partial charge in [0.1, 0.15) is 5.75 Å². The summed E-state index contributed by atoms with van der Waals surface area (Å²) in [5.41, 5.74) is 1.69. The van der Waals surface area contributed by atoms with Crippen LogP contribution in [0, 0.1) is 11.3 Å². The molecule has 0 heterocycles. The first-order valence-electron chi connectivity index (χ1n) is 6.17. The van der Waals surface area contributed by atoms with Crippen LogP contribution < -0.4 is 10.1 Å². The van der Waals surface area contributed by atoms with Crippen molar-refractivity contribution in [2.24, 2.45) is 0 Å². The highest BCUT2D eigenvalue weighted by atomic mass is 16.5. The van der Waals surface area contributed by atoms with Crippen molar-refractivity contribution in [3.63, 3.8) is 0 Å². The number of nitrogens with one attached hydrogen (secondary N) is 1. The maximum absolute atomic E-state index is 8.88. The average molecular weight is 247 g/mol. The fraction of sp³-hybridized carbons (Fsp3) is 0.500. The summed E-state index contributed by atoms with van der Waals surface area (Å²) in [7, 11) is 3.74. The van der Waals surface area contributed by atoms with E-state index in [0.29, 0.717) is 5.56 Å². The molecule has 0 aliphatic rings. The molecule has 98 valence electrons. The first-order chi connectivity index (χ1) is 8.71. The Balaban J connectivity index is 2.52. The third-order valence-electron chi connectivity index (χ3n) is 2.94. The molecule has 0 bridgehead atoms. The van der Waals surface area contributed by atoms with Crippen LogP contribution in [0.4, 0.5) is 0 Å². The van der Waals surface area contributed by atoms with Crippen LogP contribution in [0.3, 0.4) is 0 Å². The van der Waals surface area contributed by atoms with E-state index in [-0.39, 0.29) is 0 Å². The number of ether oxygens (including phenoxy) is 1. The van der Waals surface area contributed by atoms with E-state index in [2.05, 4.69) is 30.3 Å². The van der Waals surface area contributed by atoms with Crippen LogP contribution in [0.2, 0.25) is 0 Å². The highest BCUT2D eigenvalue weighted by Gasteiger charge is 2.04. The smallest absolute Gasteiger partial charge is 0.123 e. The van der Waals surface area contributed by atoms with E-state index in [0.717, 1.165) is 37.5 Å². The molecule has 0 spiro atoms. The molecule has 0 aromatic heterocycles. The largest absolute Gasteiger partial charge is 0.496 e. The maximum atomic E-state index is 8.88. The predicted octanol–water partition coefficient (Wildman–Crippen LogP) is 1.61. The Kier molecular flexibility index (Phi) is 6.20. The summed E-state index contributed by atoms with van der Waals surface area (Å²) in [5.74, 6) is 0.824. The molecule has 0 unspecified atom stereocenters. The Labute approximate surface area is 109 Å². The number of methoxy groups -OCH3 is 1. The molecule has 0 saturated carbocycles. The van der Waals surface area contributed by atoms with Crippen molar-refractivity contribution in [2.75, 3.05) is 33.8 Å². The summed E-state index contributed by atoms with van der Waals surface area (Å²) in [4.78, 5) is 2.25. The van der Waals surface area contributed by atoms with Crippen LogP contribution in [0.5, 0.6) is 5.75 Å². The van der Waals surface area contributed by atoms with Gasteiger partial charge in [0.05, 0.1) is 18.7 Å². The average Bonchev–Trinajstić information content (AvgIpc) is 2.42. The van der Waals surface area contributed by atoms with E-state index in [4.69, 9.17) is 10.00 Å². The molecule has 0 amide bonds. The Morgan fingerprint density at radius 1 is 1.44 bits per heavy atom. The lowest BCUT2D eigenvalue weighted by Gasteiger charge is -2.15. The number of nitriles is 1. The summed E-state index contributed by atoms with van der Waals surface area (Å²) >= 11 is 0. The fourth-order valence-corrected chi connectivity index (χ4v) is 1.64. The van der Waals surface area contributed by atoms with E-state index >= 15 is 0 Å². The lowest BCUT2D eigenvalue weighted by Crippen LogP contribution is -2.28. The Hall–Kier alpha value is -1.57. The van der Waals surface area contributed by atoms with Gasteiger partial charge in [0.25, 0.3) is 0 Å². The normalized spacial score (nSPS) is 10.4. The second kappa shape index (κ2) is 7.70. The molecule has 1 N–H and O–H groups in total. The van der Waals surface area contributed by atoms with Crippen LogP contribution >= 0.6 is 0 Å². The van der Waals surface area contributed by atoms with Crippen LogP contribution in [0.15, 0.2) is 18.2 Å². The molecule has 4 heteroatoms. The number of benzene rings is 1. The minimum atomic E-state index is 0.665. The summed E-state index contributed by atoms with van der Waals surface area (Å²) < 4.78 is 5.28. The minimum absolute atomic E-state index is 0.665. The van der Waals surface area contributed by atoms with Crippen LogP contribution in [0.1, 0.15) is 18.1 Å². The first-order valence-corrected chi connectivity index (χ1v) is 6.17. The first kappa shape index (κ1) is 14.5. The Bertz CT molecular complexity index is 412. The van der Waals surface area contributed by atoms with Crippen molar-refractivity contribution in [1.29, 1.82) is 5.26 Å². The zero-order valence-corrected chi connectivity index (χ0v) is 11.4. The molecule has 0 fully saturated rings. The minimum Gasteiger partial charge on any atom is -0.496 e. The van der Waals surface area contributed by atoms with Gasteiger partial charge < -0.3 is 15.0 Å². The molecule has 1 rings (SSSR count). The van der Waals surface area contributed by atoms with Crippen molar-refractivity contribution in [3.05, 3.63) is 29.3 Å². The highest BCUT2D eigenvalue weighted by molar-refractivity contribution is 5.41. The Morgan fingerprint density at radius 3 is 2.83 bits per heavy atom. The van der Waals surface area contributed by atoms with Crippen LogP contribution in [-0.2, 0) is 6.54 Å². The van der Waals surface area contributed by atoms with Crippen molar-refractivity contribution >= 4 is 0 Å². The summed E-state index contributed by atoms with van der Waals surface area (Å²) in [6.45, 7) is 5.84. The summed E-state index contributed by atoms with van der Waals surface area (Å²) in [6, 6.07) is 7.63. The zero-order valence-electron chi connectivity index (χ0n) is 11.4. The summed E-state index contributed by atoms with van der Waals surface area (Å²) in [5, 5.41) is 12.2. The standard InChI is InChI=1S/C14H21N3O/c1-4-17(2)8-7-16-11-13-9-12(10-15)5-6-14(13)18-3/h5-6,9,16H,4,7-8,11H2,1-3H3. The van der Waals surface area contributed by atoms with Gasteiger partial charge in [-0.25, -0.2) is 0 Å². The predicted molar refractivity (Wildman–Crippen MR) is 72.6 cm³/mol. The quantitative estimate of drug-likeness (QED) is 0.744. The van der Waals surface area contributed by atoms with E-state index in [1.807, 2.05) is 12.1 Å². The van der Waals surface area contributed by atoms with Crippen LogP contribution in [-0.4, -0.2) is 38.7 Å². The summed E-state index contributed by atoms with van der Waals surface area (Å²) in [6.07, 6.45) is 0. The number of likely N-dealkylation sites (N-methyl/N-ethyl adjacent to an activating group) is 1. The van der Waals surface area contributed by atoms with Crippen molar-refractivity contribution in [2.45, 2.75) is 13.5 Å². The number of rotatable bonds is 7. The molecule has 0 atom stereocenters. The number of hydrogen-bond acceptors (Lipinski definition) is 4. The molecular formula is C14H21N3O. The van der Waals surface area contributed by atoms with Gasteiger partial charge in [-0.3, -0.25) is 0 Å². The SMILES string of the molecule is CCN(C)CCNCc1cc(C#N)ccc1OC. The van der Waals surface area contributed by atoms with Gasteiger partial charge in [-0.1, -0.05) is 6.92 Å². The molecule has 0 aliphatic heterocycles. The van der Waals surface area contributed by atoms with E-state index < -0.39 is 0 Å².